The first kappa shape index (κ1) is 25.0. The van der Waals surface area contributed by atoms with Crippen LogP contribution in [0, 0.1) is 29.6 Å². The van der Waals surface area contributed by atoms with Gasteiger partial charge in [-0.05, 0) is 62.4 Å². The molecule has 5 heteroatoms. The number of benzene rings is 2. The Hall–Kier alpha value is -3.22. The second kappa shape index (κ2) is 12.0. The van der Waals surface area contributed by atoms with E-state index in [-0.39, 0.29) is 12.2 Å². The molecule has 166 valence electrons. The summed E-state index contributed by atoms with van der Waals surface area (Å²) in [5.74, 6) is 9.71. The third-order valence-electron chi connectivity index (χ3n) is 4.90. The summed E-state index contributed by atoms with van der Waals surface area (Å²) in [5.41, 5.74) is 1.66. The Bertz CT molecular complexity index is 1040. The molecular formula is C27H28O5. The van der Waals surface area contributed by atoms with Gasteiger partial charge in [0.2, 0.25) is 0 Å². The predicted molar refractivity (Wildman–Crippen MR) is 123 cm³/mol. The number of aliphatic hydroxyl groups excluding tert-OH is 1. The first-order valence-corrected chi connectivity index (χ1v) is 10.4. The summed E-state index contributed by atoms with van der Waals surface area (Å²) in [7, 11) is 0. The SMILES string of the molecule is CCOCc1ccc(C#CC#Cc2ccc(C(=O)C[C@H](C(=O)CO)C(C)(C)O)cc2)cc1. The first-order chi connectivity index (χ1) is 15.2. The lowest BCUT2D eigenvalue weighted by Crippen LogP contribution is -2.39. The number of ketones is 2. The molecule has 5 nitrogen and oxygen atoms in total. The zero-order chi connectivity index (χ0) is 23.6. The van der Waals surface area contributed by atoms with Crippen molar-refractivity contribution in [2.45, 2.75) is 39.4 Å². The molecule has 0 unspecified atom stereocenters. The van der Waals surface area contributed by atoms with Gasteiger partial charge in [-0.2, -0.15) is 0 Å². The molecule has 2 rings (SSSR count). The van der Waals surface area contributed by atoms with Gasteiger partial charge in [-0.3, -0.25) is 9.59 Å². The van der Waals surface area contributed by atoms with Crippen LogP contribution in [0.25, 0.3) is 0 Å². The Morgan fingerprint density at radius 1 is 0.969 bits per heavy atom. The highest BCUT2D eigenvalue weighted by Crippen LogP contribution is 2.23. The van der Waals surface area contributed by atoms with Gasteiger partial charge in [-0.25, -0.2) is 0 Å². The van der Waals surface area contributed by atoms with Crippen LogP contribution in [0.15, 0.2) is 48.5 Å². The van der Waals surface area contributed by atoms with Crippen LogP contribution >= 0.6 is 0 Å². The molecule has 2 aromatic rings. The Labute approximate surface area is 189 Å². The van der Waals surface area contributed by atoms with Gasteiger partial charge in [0.1, 0.15) is 6.61 Å². The smallest absolute Gasteiger partial charge is 0.164 e. The van der Waals surface area contributed by atoms with Crippen LogP contribution in [0.1, 0.15) is 54.2 Å². The number of rotatable bonds is 9. The molecule has 2 N–H and O–H groups in total. The summed E-state index contributed by atoms with van der Waals surface area (Å²) in [6, 6.07) is 14.5. The van der Waals surface area contributed by atoms with Crippen LogP contribution in [-0.4, -0.2) is 40.6 Å². The van der Waals surface area contributed by atoms with Crippen LogP contribution in [0.2, 0.25) is 0 Å². The minimum absolute atomic E-state index is 0.178. The molecule has 0 bridgehead atoms. The van der Waals surface area contributed by atoms with Crippen LogP contribution in [0.5, 0.6) is 0 Å². The van der Waals surface area contributed by atoms with Gasteiger partial charge in [0, 0.05) is 29.7 Å². The number of hydrogen-bond donors (Lipinski definition) is 2. The number of carbonyl (C=O) groups is 2. The Morgan fingerprint density at radius 2 is 1.50 bits per heavy atom. The molecule has 0 aromatic heterocycles. The van der Waals surface area contributed by atoms with Crippen molar-refractivity contribution in [3.8, 4) is 23.7 Å². The monoisotopic (exact) mass is 432 g/mol. The first-order valence-electron chi connectivity index (χ1n) is 10.4. The molecular weight excluding hydrogens is 404 g/mol. The zero-order valence-electron chi connectivity index (χ0n) is 18.6. The maximum atomic E-state index is 12.5. The minimum atomic E-state index is -1.40. The Balaban J connectivity index is 2.00. The summed E-state index contributed by atoms with van der Waals surface area (Å²) in [5, 5.41) is 19.3. The van der Waals surface area contributed by atoms with E-state index in [0.717, 1.165) is 11.1 Å². The van der Waals surface area contributed by atoms with Gasteiger partial charge < -0.3 is 14.9 Å². The lowest BCUT2D eigenvalue weighted by atomic mass is 9.82. The molecule has 0 saturated carbocycles. The number of ether oxygens (including phenoxy) is 1. The quantitative estimate of drug-likeness (QED) is 0.470. The van der Waals surface area contributed by atoms with Crippen molar-refractivity contribution in [3.63, 3.8) is 0 Å². The van der Waals surface area contributed by atoms with Gasteiger partial charge >= 0.3 is 0 Å². The predicted octanol–water partition coefficient (Wildman–Crippen LogP) is 3.15. The zero-order valence-corrected chi connectivity index (χ0v) is 18.6. The second-order valence-electron chi connectivity index (χ2n) is 7.87. The summed E-state index contributed by atoms with van der Waals surface area (Å²) in [6.45, 7) is 5.41. The maximum Gasteiger partial charge on any atom is 0.164 e. The van der Waals surface area contributed by atoms with Crippen LogP contribution in [0.3, 0.4) is 0 Å². The highest BCUT2D eigenvalue weighted by molar-refractivity contribution is 5.99. The van der Waals surface area contributed by atoms with E-state index >= 15 is 0 Å². The summed E-state index contributed by atoms with van der Waals surface area (Å²) in [4.78, 5) is 24.4. The van der Waals surface area contributed by atoms with Crippen LogP contribution in [-0.2, 0) is 16.1 Å². The topological polar surface area (TPSA) is 83.8 Å². The van der Waals surface area contributed by atoms with Gasteiger partial charge in [0.05, 0.1) is 18.1 Å². The van der Waals surface area contributed by atoms with Gasteiger partial charge in [-0.15, -0.1) is 0 Å². The van der Waals surface area contributed by atoms with Crippen LogP contribution in [0.4, 0.5) is 0 Å². The largest absolute Gasteiger partial charge is 0.390 e. The fourth-order valence-electron chi connectivity index (χ4n) is 3.02. The molecule has 0 radical (unpaired) electrons. The van der Waals surface area contributed by atoms with Gasteiger partial charge in [0.25, 0.3) is 0 Å². The molecule has 0 fully saturated rings. The summed E-state index contributed by atoms with van der Waals surface area (Å²) < 4.78 is 5.36. The normalized spacial score (nSPS) is 11.5. The number of Topliss-reactive ketones (excluding diaryl/α,β-unsaturated/α-hetero) is 2. The van der Waals surface area contributed by atoms with E-state index < -0.39 is 23.9 Å². The third-order valence-corrected chi connectivity index (χ3v) is 4.90. The average molecular weight is 433 g/mol. The van der Waals surface area contributed by atoms with Crippen molar-refractivity contribution >= 4 is 11.6 Å². The molecule has 0 heterocycles. The lowest BCUT2D eigenvalue weighted by molar-refractivity contribution is -0.133. The molecule has 0 aliphatic heterocycles. The molecule has 0 spiro atoms. The fraction of sp³-hybridized carbons (Fsp3) is 0.333. The minimum Gasteiger partial charge on any atom is -0.390 e. The van der Waals surface area contributed by atoms with Crippen molar-refractivity contribution < 1.29 is 24.5 Å². The molecule has 2 aromatic carbocycles. The van der Waals surface area contributed by atoms with Crippen molar-refractivity contribution in [2.75, 3.05) is 13.2 Å². The molecule has 32 heavy (non-hydrogen) atoms. The Morgan fingerprint density at radius 3 is 1.97 bits per heavy atom. The molecule has 1 atom stereocenters. The standard InChI is InChI=1S/C27H28O5/c1-4-32-19-22-11-9-20(10-12-22)7-5-6-8-21-13-15-23(16-14-21)25(29)17-24(26(30)18-28)27(2,3)31/h9-16,24,28,31H,4,17-19H2,1-3H3/t24-/m1/s1. The second-order valence-corrected chi connectivity index (χ2v) is 7.87. The van der Waals surface area contributed by atoms with Crippen molar-refractivity contribution in [1.82, 2.24) is 0 Å². The van der Waals surface area contributed by atoms with E-state index in [2.05, 4.69) is 23.7 Å². The highest BCUT2D eigenvalue weighted by atomic mass is 16.5. The van der Waals surface area contributed by atoms with Crippen molar-refractivity contribution in [3.05, 3.63) is 70.8 Å². The van der Waals surface area contributed by atoms with Crippen molar-refractivity contribution in [2.24, 2.45) is 5.92 Å². The van der Waals surface area contributed by atoms with E-state index in [9.17, 15) is 14.7 Å². The molecule has 0 amide bonds. The highest BCUT2D eigenvalue weighted by Gasteiger charge is 2.34. The summed E-state index contributed by atoms with van der Waals surface area (Å²) >= 11 is 0. The van der Waals surface area contributed by atoms with Gasteiger partial charge in [0.15, 0.2) is 11.6 Å². The van der Waals surface area contributed by atoms with E-state index in [4.69, 9.17) is 9.84 Å². The van der Waals surface area contributed by atoms with E-state index in [1.807, 2.05) is 31.2 Å². The lowest BCUT2D eigenvalue weighted by Gasteiger charge is -2.27. The van der Waals surface area contributed by atoms with E-state index in [1.165, 1.54) is 13.8 Å². The Kier molecular flexibility index (Phi) is 9.38. The van der Waals surface area contributed by atoms with Gasteiger partial charge in [-0.1, -0.05) is 36.1 Å². The third kappa shape index (κ3) is 7.80. The number of aliphatic hydroxyl groups is 2. The van der Waals surface area contributed by atoms with Crippen LogP contribution < -0.4 is 0 Å². The fourth-order valence-corrected chi connectivity index (χ4v) is 3.02. The van der Waals surface area contributed by atoms with E-state index in [0.29, 0.717) is 24.3 Å². The number of carbonyl (C=O) groups excluding carboxylic acids is 2. The molecule has 0 saturated heterocycles. The van der Waals surface area contributed by atoms with E-state index in [1.54, 1.807) is 24.3 Å². The average Bonchev–Trinajstić information content (AvgIpc) is 2.78. The molecule has 0 aliphatic carbocycles. The number of hydrogen-bond acceptors (Lipinski definition) is 5. The summed E-state index contributed by atoms with van der Waals surface area (Å²) in [6.07, 6.45) is -0.178. The maximum absolute atomic E-state index is 12.5. The van der Waals surface area contributed by atoms with Crippen molar-refractivity contribution in [1.29, 1.82) is 0 Å². The molecule has 0 aliphatic rings.